The van der Waals surface area contributed by atoms with Crippen LogP contribution in [-0.4, -0.2) is 11.5 Å². The van der Waals surface area contributed by atoms with Crippen LogP contribution in [0.2, 0.25) is 0 Å². The van der Waals surface area contributed by atoms with Gasteiger partial charge in [0.25, 0.3) is 0 Å². The number of nitrogens with zero attached hydrogens (tertiary/aromatic N) is 1. The Morgan fingerprint density at radius 3 is 2.67 bits per heavy atom. The van der Waals surface area contributed by atoms with Crippen LogP contribution in [0.1, 0.15) is 31.4 Å². The van der Waals surface area contributed by atoms with Gasteiger partial charge in [-0.3, -0.25) is 0 Å². The van der Waals surface area contributed by atoms with Crippen molar-refractivity contribution in [1.82, 2.24) is 4.98 Å². The summed E-state index contributed by atoms with van der Waals surface area (Å²) in [5.41, 5.74) is 2.90. The fraction of sp³-hybridized carbons (Fsp3) is 0.400. The summed E-state index contributed by atoms with van der Waals surface area (Å²) in [6.07, 6.45) is 1.95. The summed E-state index contributed by atoms with van der Waals surface area (Å²) in [4.78, 5) is 4.65. The lowest BCUT2D eigenvalue weighted by Gasteiger charge is -2.12. The molecule has 18 heavy (non-hydrogen) atoms. The van der Waals surface area contributed by atoms with E-state index in [1.165, 1.54) is 6.07 Å². The Morgan fingerprint density at radius 1 is 1.22 bits per heavy atom. The summed E-state index contributed by atoms with van der Waals surface area (Å²) < 4.78 is 13.4. The first-order valence-corrected chi connectivity index (χ1v) is 6.49. The van der Waals surface area contributed by atoms with Crippen molar-refractivity contribution in [2.24, 2.45) is 0 Å². The number of anilines is 1. The molecule has 0 spiro atoms. The van der Waals surface area contributed by atoms with E-state index >= 15 is 0 Å². The molecule has 2 aromatic rings. The molecule has 0 saturated heterocycles. The van der Waals surface area contributed by atoms with Gasteiger partial charge in [-0.15, -0.1) is 0 Å². The number of fused-ring (bicyclic) bond motifs is 1. The molecule has 0 radical (unpaired) electrons. The van der Waals surface area contributed by atoms with Crippen LogP contribution in [0.25, 0.3) is 10.9 Å². The van der Waals surface area contributed by atoms with Gasteiger partial charge in [0, 0.05) is 11.9 Å². The number of nitrogens with one attached hydrogen (secondary N) is 1. The van der Waals surface area contributed by atoms with Crippen molar-refractivity contribution < 1.29 is 4.39 Å². The molecule has 0 fully saturated rings. The van der Waals surface area contributed by atoms with Crippen LogP contribution < -0.4 is 5.32 Å². The highest BCUT2D eigenvalue weighted by atomic mass is 19.1. The minimum Gasteiger partial charge on any atom is -0.370 e. The lowest BCUT2D eigenvalue weighted by atomic mass is 10.1. The molecule has 1 aromatic carbocycles. The smallest absolute Gasteiger partial charge is 0.129 e. The fourth-order valence-electron chi connectivity index (χ4n) is 2.13. The number of benzene rings is 1. The predicted octanol–water partition coefficient (Wildman–Crippen LogP) is 4.07. The molecule has 0 unspecified atom stereocenters. The molecule has 0 amide bonds. The van der Waals surface area contributed by atoms with Crippen LogP contribution in [-0.2, 0) is 6.42 Å². The highest BCUT2D eigenvalue weighted by molar-refractivity contribution is 5.84. The predicted molar refractivity (Wildman–Crippen MR) is 74.6 cm³/mol. The van der Waals surface area contributed by atoms with Gasteiger partial charge in [-0.05, 0) is 49.1 Å². The number of pyridine rings is 1. The lowest BCUT2D eigenvalue weighted by molar-refractivity contribution is 0.628. The first-order valence-electron chi connectivity index (χ1n) is 6.49. The topological polar surface area (TPSA) is 24.9 Å². The largest absolute Gasteiger partial charge is 0.370 e. The number of hydrogen-bond donors (Lipinski definition) is 1. The van der Waals surface area contributed by atoms with Crippen molar-refractivity contribution in [3.8, 4) is 0 Å². The molecule has 0 aliphatic carbocycles. The van der Waals surface area contributed by atoms with Crippen LogP contribution in [0.4, 0.5) is 10.2 Å². The van der Waals surface area contributed by atoms with E-state index in [4.69, 9.17) is 0 Å². The maximum Gasteiger partial charge on any atom is 0.129 e. The van der Waals surface area contributed by atoms with Gasteiger partial charge in [0.1, 0.15) is 11.6 Å². The zero-order valence-corrected chi connectivity index (χ0v) is 11.2. The van der Waals surface area contributed by atoms with Gasteiger partial charge in [-0.2, -0.15) is 0 Å². The maximum absolute atomic E-state index is 13.4. The number of aromatic nitrogens is 1. The van der Waals surface area contributed by atoms with Crippen LogP contribution in [0.5, 0.6) is 0 Å². The van der Waals surface area contributed by atoms with Gasteiger partial charge in [0.05, 0.1) is 5.52 Å². The summed E-state index contributed by atoms with van der Waals surface area (Å²) in [6, 6.07) is 5.12. The first kappa shape index (κ1) is 12.8. The Kier molecular flexibility index (Phi) is 3.80. The van der Waals surface area contributed by atoms with Crippen LogP contribution in [0.3, 0.4) is 0 Å². The first-order chi connectivity index (χ1) is 8.65. The average molecular weight is 246 g/mol. The monoisotopic (exact) mass is 246 g/mol. The third-order valence-corrected chi connectivity index (χ3v) is 3.08. The second-order valence-corrected chi connectivity index (χ2v) is 4.57. The van der Waals surface area contributed by atoms with Gasteiger partial charge in [0.15, 0.2) is 0 Å². The third-order valence-electron chi connectivity index (χ3n) is 3.08. The second kappa shape index (κ2) is 5.34. The van der Waals surface area contributed by atoms with E-state index in [1.807, 2.05) is 13.0 Å². The molecule has 1 heterocycles. The Balaban J connectivity index is 2.57. The van der Waals surface area contributed by atoms with Gasteiger partial charge in [0.2, 0.25) is 0 Å². The minimum atomic E-state index is -0.196. The van der Waals surface area contributed by atoms with Crippen molar-refractivity contribution in [3.63, 3.8) is 0 Å². The summed E-state index contributed by atoms with van der Waals surface area (Å²) in [5, 5.41) is 4.22. The molecule has 0 atom stereocenters. The van der Waals surface area contributed by atoms with E-state index in [1.54, 1.807) is 6.07 Å². The van der Waals surface area contributed by atoms with E-state index in [2.05, 4.69) is 24.1 Å². The number of hydrogen-bond acceptors (Lipinski definition) is 2. The molecule has 96 valence electrons. The van der Waals surface area contributed by atoms with Crippen molar-refractivity contribution in [1.29, 1.82) is 0 Å². The molecule has 0 aliphatic rings. The van der Waals surface area contributed by atoms with E-state index in [9.17, 15) is 4.39 Å². The molecule has 0 saturated carbocycles. The van der Waals surface area contributed by atoms with Crippen molar-refractivity contribution >= 4 is 16.7 Å². The summed E-state index contributed by atoms with van der Waals surface area (Å²) in [6.45, 7) is 7.02. The fourth-order valence-corrected chi connectivity index (χ4v) is 2.13. The molecule has 1 aromatic heterocycles. The summed E-state index contributed by atoms with van der Waals surface area (Å²) in [7, 11) is 0. The summed E-state index contributed by atoms with van der Waals surface area (Å²) >= 11 is 0. The molecule has 3 heteroatoms. The van der Waals surface area contributed by atoms with Crippen molar-refractivity contribution in [3.05, 3.63) is 35.1 Å². The van der Waals surface area contributed by atoms with Crippen molar-refractivity contribution in [2.75, 3.05) is 11.9 Å². The van der Waals surface area contributed by atoms with Crippen LogP contribution in [0, 0.1) is 12.7 Å². The Labute approximate surface area is 107 Å². The SMILES string of the molecule is CCCNc1nc2c(C)cc(F)cc2cc1CC. The normalized spacial score (nSPS) is 10.9. The van der Waals surface area contributed by atoms with Gasteiger partial charge in [-0.1, -0.05) is 13.8 Å². The maximum atomic E-state index is 13.4. The highest BCUT2D eigenvalue weighted by Crippen LogP contribution is 2.24. The van der Waals surface area contributed by atoms with Crippen LogP contribution >= 0.6 is 0 Å². The Morgan fingerprint density at radius 2 is 2.00 bits per heavy atom. The number of aryl methyl sites for hydroxylation is 2. The summed E-state index contributed by atoms with van der Waals surface area (Å²) in [5.74, 6) is 0.736. The zero-order valence-electron chi connectivity index (χ0n) is 11.2. The second-order valence-electron chi connectivity index (χ2n) is 4.57. The minimum absolute atomic E-state index is 0.196. The molecule has 2 rings (SSSR count). The standard InChI is InChI=1S/C15H19FN2/c1-4-6-17-15-11(5-2)8-12-9-13(16)7-10(3)14(12)18-15/h7-9H,4-6H2,1-3H3,(H,17,18). The average Bonchev–Trinajstić information content (AvgIpc) is 2.35. The van der Waals surface area contributed by atoms with Crippen molar-refractivity contribution in [2.45, 2.75) is 33.6 Å². The molecular formula is C15H19FN2. The zero-order chi connectivity index (χ0) is 13.1. The van der Waals surface area contributed by atoms with Gasteiger partial charge >= 0.3 is 0 Å². The quantitative estimate of drug-likeness (QED) is 0.879. The molecule has 1 N–H and O–H groups in total. The lowest BCUT2D eigenvalue weighted by Crippen LogP contribution is -2.05. The molecule has 0 aliphatic heterocycles. The van der Waals surface area contributed by atoms with E-state index < -0.39 is 0 Å². The number of rotatable bonds is 4. The molecule has 2 nitrogen and oxygen atoms in total. The Bertz CT molecular complexity index is 564. The van der Waals surface area contributed by atoms with E-state index in [0.717, 1.165) is 47.2 Å². The van der Waals surface area contributed by atoms with E-state index in [0.29, 0.717) is 0 Å². The van der Waals surface area contributed by atoms with Gasteiger partial charge < -0.3 is 5.32 Å². The van der Waals surface area contributed by atoms with Crippen LogP contribution in [0.15, 0.2) is 18.2 Å². The third kappa shape index (κ3) is 2.45. The Hall–Kier alpha value is -1.64. The molecule has 0 bridgehead atoms. The molecular weight excluding hydrogens is 227 g/mol. The number of halogens is 1. The van der Waals surface area contributed by atoms with E-state index in [-0.39, 0.29) is 5.82 Å². The highest BCUT2D eigenvalue weighted by Gasteiger charge is 2.08. The van der Waals surface area contributed by atoms with Gasteiger partial charge in [-0.25, -0.2) is 9.37 Å².